The van der Waals surface area contributed by atoms with Crippen LogP contribution < -0.4 is 10.6 Å². The fourth-order valence-corrected chi connectivity index (χ4v) is 4.37. The van der Waals surface area contributed by atoms with Gasteiger partial charge in [-0.25, -0.2) is 18.6 Å². The summed E-state index contributed by atoms with van der Waals surface area (Å²) in [6, 6.07) is 8.39. The second kappa shape index (κ2) is 9.32. The maximum Gasteiger partial charge on any atom is 0.229 e. The minimum Gasteiger partial charge on any atom is -0.324 e. The summed E-state index contributed by atoms with van der Waals surface area (Å²) >= 11 is 0. The molecule has 0 saturated heterocycles. The molecule has 0 saturated carbocycles. The molecule has 11 heteroatoms. The van der Waals surface area contributed by atoms with Gasteiger partial charge in [0.15, 0.2) is 11.6 Å². The smallest absolute Gasteiger partial charge is 0.229 e. The molecule has 2 N–H and O–H groups in total. The number of rotatable bonds is 5. The number of pyridine rings is 1. The Morgan fingerprint density at radius 2 is 2.00 bits per heavy atom. The van der Waals surface area contributed by atoms with Crippen molar-refractivity contribution in [3.8, 4) is 6.07 Å². The summed E-state index contributed by atoms with van der Waals surface area (Å²) in [7, 11) is -0.429. The third kappa shape index (κ3) is 5.65. The third-order valence-electron chi connectivity index (χ3n) is 5.25. The Morgan fingerprint density at radius 3 is 2.74 bits per heavy atom. The monoisotopic (exact) mass is 480 g/mol. The van der Waals surface area contributed by atoms with Crippen molar-refractivity contribution in [3.63, 3.8) is 0 Å². The van der Waals surface area contributed by atoms with Gasteiger partial charge in [-0.2, -0.15) is 14.6 Å². The molecule has 34 heavy (non-hydrogen) atoms. The lowest BCUT2D eigenvalue weighted by molar-refractivity contribution is 0.312. The molecular weight excluding hydrogens is 455 g/mol. The van der Waals surface area contributed by atoms with E-state index in [-0.39, 0.29) is 29.0 Å². The quantitative estimate of drug-likeness (QED) is 0.562. The van der Waals surface area contributed by atoms with Gasteiger partial charge in [-0.1, -0.05) is 0 Å². The van der Waals surface area contributed by atoms with Crippen LogP contribution in [0.5, 0.6) is 0 Å². The molecule has 3 heterocycles. The van der Waals surface area contributed by atoms with Crippen LogP contribution in [-0.4, -0.2) is 50.2 Å². The van der Waals surface area contributed by atoms with Gasteiger partial charge in [0.2, 0.25) is 5.95 Å². The van der Waals surface area contributed by atoms with E-state index in [1.165, 1.54) is 35.4 Å². The Balaban J connectivity index is 1.64. The minimum atomic E-state index is -2.52. The number of likely N-dealkylation sites (N-methyl/N-ethyl adjacent to an activating group) is 1. The van der Waals surface area contributed by atoms with Crippen LogP contribution in [0.2, 0.25) is 0 Å². The van der Waals surface area contributed by atoms with Gasteiger partial charge in [-0.15, -0.1) is 0 Å². The first-order chi connectivity index (χ1) is 16.1. The number of nitrogens with zero attached hydrogens (tertiary/aromatic N) is 6. The van der Waals surface area contributed by atoms with Crippen molar-refractivity contribution in [2.24, 2.45) is 4.36 Å². The lowest BCUT2D eigenvalue weighted by Crippen LogP contribution is -2.27. The third-order valence-corrected chi connectivity index (χ3v) is 5.88. The van der Waals surface area contributed by atoms with Gasteiger partial charge in [0, 0.05) is 53.2 Å². The van der Waals surface area contributed by atoms with E-state index in [1.54, 1.807) is 0 Å². The highest BCUT2D eigenvalue weighted by Gasteiger charge is 2.17. The summed E-state index contributed by atoms with van der Waals surface area (Å²) in [4.78, 5) is 15.1. The topological polar surface area (TPSA) is 119 Å². The van der Waals surface area contributed by atoms with E-state index in [0.29, 0.717) is 0 Å². The second-order valence-corrected chi connectivity index (χ2v) is 11.1. The molecule has 0 bridgehead atoms. The molecule has 4 rings (SSSR count). The zero-order valence-corrected chi connectivity index (χ0v) is 20.2. The molecule has 1 aliphatic heterocycles. The summed E-state index contributed by atoms with van der Waals surface area (Å²) in [6.07, 6.45) is 5.26. The molecule has 0 radical (unpaired) electrons. The Labute approximate surface area is 198 Å². The summed E-state index contributed by atoms with van der Waals surface area (Å²) in [6.45, 7) is 3.99. The molecule has 9 nitrogen and oxygen atoms in total. The Morgan fingerprint density at radius 1 is 1.21 bits per heavy atom. The Bertz CT molecular complexity index is 1420. The van der Waals surface area contributed by atoms with Gasteiger partial charge >= 0.3 is 0 Å². The molecule has 1 aromatic carbocycles. The summed E-state index contributed by atoms with van der Waals surface area (Å²) in [5.41, 5.74) is 4.82. The first-order valence-corrected chi connectivity index (χ1v) is 12.9. The molecule has 0 aliphatic carbocycles. The van der Waals surface area contributed by atoms with E-state index in [2.05, 4.69) is 54.9 Å². The predicted molar refractivity (Wildman–Crippen MR) is 131 cm³/mol. The summed E-state index contributed by atoms with van der Waals surface area (Å²) in [5, 5.41) is 15.5. The zero-order valence-electron chi connectivity index (χ0n) is 19.4. The fourth-order valence-electron chi connectivity index (χ4n) is 3.82. The largest absolute Gasteiger partial charge is 0.324 e. The molecule has 2 aromatic heterocycles. The molecule has 0 spiro atoms. The normalized spacial score (nSPS) is 13.6. The summed E-state index contributed by atoms with van der Waals surface area (Å²) < 4.78 is 30.0. The van der Waals surface area contributed by atoms with Crippen molar-refractivity contribution < 1.29 is 8.60 Å². The highest BCUT2D eigenvalue weighted by molar-refractivity contribution is 7.92. The van der Waals surface area contributed by atoms with Crippen molar-refractivity contribution in [2.45, 2.75) is 19.9 Å². The van der Waals surface area contributed by atoms with E-state index >= 15 is 0 Å². The molecular formula is C23H25FN8OS. The van der Waals surface area contributed by atoms with Gasteiger partial charge < -0.3 is 15.5 Å². The number of nitrogens with one attached hydrogen (secondary N) is 2. The van der Waals surface area contributed by atoms with Crippen molar-refractivity contribution in [2.75, 3.05) is 36.7 Å². The summed E-state index contributed by atoms with van der Waals surface area (Å²) in [5.74, 6) is -0.113. The number of nitriles is 1. The molecule has 0 amide bonds. The van der Waals surface area contributed by atoms with Crippen LogP contribution in [0, 0.1) is 24.1 Å². The number of aromatic nitrogens is 3. The molecule has 3 aromatic rings. The number of hydrogen-bond donors (Lipinski definition) is 2. The first kappa shape index (κ1) is 23.5. The zero-order chi connectivity index (χ0) is 24.5. The van der Waals surface area contributed by atoms with E-state index in [0.717, 1.165) is 37.3 Å². The Kier molecular flexibility index (Phi) is 6.45. The average molecular weight is 481 g/mol. The van der Waals surface area contributed by atoms with Crippen LogP contribution in [0.1, 0.15) is 22.3 Å². The standard InChI is InChI=1S/C23H25FN8OS/c1-14-7-18(8-15-13-32(2)6-5-19(14)15)27-23-26-12-16(11-25)22(30-23)29-20-9-17(24)10-21(28-20)31-34(3,4)33/h7-10,12H,5-6,13H2,1-4H3,(H2,26,27,28,29,30). The highest BCUT2D eigenvalue weighted by atomic mass is 32.2. The molecule has 1 aliphatic rings. The van der Waals surface area contributed by atoms with Crippen LogP contribution in [-0.2, 0) is 22.7 Å². The van der Waals surface area contributed by atoms with E-state index in [9.17, 15) is 13.9 Å². The van der Waals surface area contributed by atoms with Crippen LogP contribution in [0.3, 0.4) is 0 Å². The van der Waals surface area contributed by atoms with Crippen molar-refractivity contribution in [1.29, 1.82) is 5.26 Å². The fraction of sp³-hybridized carbons (Fsp3) is 0.304. The van der Waals surface area contributed by atoms with Crippen molar-refractivity contribution >= 4 is 38.8 Å². The van der Waals surface area contributed by atoms with Crippen molar-refractivity contribution in [3.05, 3.63) is 58.5 Å². The van der Waals surface area contributed by atoms with Crippen molar-refractivity contribution in [1.82, 2.24) is 19.9 Å². The second-order valence-electron chi connectivity index (χ2n) is 8.54. The van der Waals surface area contributed by atoms with Gasteiger partial charge in [0.05, 0.1) is 6.20 Å². The number of fused-ring (bicyclic) bond motifs is 1. The maximum atomic E-state index is 14.1. The van der Waals surface area contributed by atoms with Gasteiger partial charge in [-0.05, 0) is 49.2 Å². The van der Waals surface area contributed by atoms with E-state index in [4.69, 9.17) is 0 Å². The van der Waals surface area contributed by atoms with Gasteiger partial charge in [0.25, 0.3) is 0 Å². The first-order valence-electron chi connectivity index (χ1n) is 10.6. The molecule has 0 fully saturated rings. The minimum absolute atomic E-state index is 0.0158. The molecule has 0 atom stereocenters. The number of anilines is 4. The maximum absolute atomic E-state index is 14.1. The van der Waals surface area contributed by atoms with Crippen LogP contribution >= 0.6 is 0 Å². The highest BCUT2D eigenvalue weighted by Crippen LogP contribution is 2.28. The van der Waals surface area contributed by atoms with Gasteiger partial charge in [-0.3, -0.25) is 0 Å². The van der Waals surface area contributed by atoms with Crippen LogP contribution in [0.4, 0.5) is 33.5 Å². The predicted octanol–water partition coefficient (Wildman–Crippen LogP) is 4.03. The van der Waals surface area contributed by atoms with E-state index in [1.807, 2.05) is 12.1 Å². The van der Waals surface area contributed by atoms with E-state index < -0.39 is 15.5 Å². The number of hydrogen-bond acceptors (Lipinski definition) is 9. The number of aryl methyl sites for hydroxylation is 1. The SMILES string of the molecule is Cc1cc(Nc2ncc(C#N)c(Nc3cc(F)cc(N=S(C)(C)=O)n3)n2)cc2c1CCN(C)C2. The lowest BCUT2D eigenvalue weighted by atomic mass is 9.94. The number of halogens is 1. The number of benzene rings is 1. The van der Waals surface area contributed by atoms with Crippen LogP contribution in [0.15, 0.2) is 34.8 Å². The van der Waals surface area contributed by atoms with Crippen LogP contribution in [0.25, 0.3) is 0 Å². The van der Waals surface area contributed by atoms with Gasteiger partial charge in [0.1, 0.15) is 23.3 Å². The lowest BCUT2D eigenvalue weighted by Gasteiger charge is -2.27. The molecule has 176 valence electrons. The molecule has 0 unspecified atom stereocenters. The Hall–Kier alpha value is -3.62. The average Bonchev–Trinajstić information content (AvgIpc) is 2.72.